The quantitative estimate of drug-likeness (QED) is 0.778. The summed E-state index contributed by atoms with van der Waals surface area (Å²) in [4.78, 5) is 5.66. The summed E-state index contributed by atoms with van der Waals surface area (Å²) >= 11 is 1.81. The van der Waals surface area contributed by atoms with E-state index in [1.165, 1.54) is 4.90 Å². The van der Waals surface area contributed by atoms with Crippen LogP contribution in [0.1, 0.15) is 18.2 Å². The van der Waals surface area contributed by atoms with Crippen molar-refractivity contribution >= 4 is 17.4 Å². The molecule has 1 aromatic heterocycles. The number of hydrogen-bond donors (Lipinski definition) is 1. The highest BCUT2D eigenvalue weighted by molar-refractivity contribution is 7.99. The van der Waals surface area contributed by atoms with Crippen LogP contribution in [0, 0.1) is 6.92 Å². The van der Waals surface area contributed by atoms with Gasteiger partial charge < -0.3 is 14.8 Å². The van der Waals surface area contributed by atoms with Gasteiger partial charge in [0, 0.05) is 23.1 Å². The summed E-state index contributed by atoms with van der Waals surface area (Å²) in [6, 6.07) is 7.98. The molecular weight excluding hydrogens is 296 g/mol. The number of aromatic nitrogens is 1. The molecule has 0 atom stereocenters. The van der Waals surface area contributed by atoms with Crippen LogP contribution in [0.3, 0.4) is 0 Å². The Morgan fingerprint density at radius 2 is 2.00 bits per heavy atom. The summed E-state index contributed by atoms with van der Waals surface area (Å²) in [6.07, 6.45) is 1.87. The molecule has 1 aromatic carbocycles. The van der Waals surface area contributed by atoms with E-state index in [-0.39, 0.29) is 0 Å². The summed E-state index contributed by atoms with van der Waals surface area (Å²) in [5.41, 5.74) is 3.16. The topological polar surface area (TPSA) is 43.4 Å². The Morgan fingerprint density at radius 3 is 2.68 bits per heavy atom. The molecule has 0 aliphatic heterocycles. The molecule has 118 valence electrons. The lowest BCUT2D eigenvalue weighted by Crippen LogP contribution is -2.03. The molecule has 1 N–H and O–H groups in total. The molecule has 4 nitrogen and oxygen atoms in total. The second-order valence-corrected chi connectivity index (χ2v) is 6.08. The third kappa shape index (κ3) is 4.07. The van der Waals surface area contributed by atoms with Crippen molar-refractivity contribution in [1.82, 2.24) is 4.98 Å². The fraction of sp³-hybridized carbons (Fsp3) is 0.353. The van der Waals surface area contributed by atoms with Crippen molar-refractivity contribution in [2.45, 2.75) is 25.3 Å². The zero-order valence-corrected chi connectivity index (χ0v) is 14.3. The summed E-state index contributed by atoms with van der Waals surface area (Å²) < 4.78 is 10.6. The van der Waals surface area contributed by atoms with Crippen molar-refractivity contribution in [3.05, 3.63) is 41.7 Å². The van der Waals surface area contributed by atoms with Crippen molar-refractivity contribution in [1.29, 1.82) is 0 Å². The third-order valence-electron chi connectivity index (χ3n) is 3.32. The largest absolute Gasteiger partial charge is 0.497 e. The minimum absolute atomic E-state index is 0.675. The van der Waals surface area contributed by atoms with E-state index >= 15 is 0 Å². The second kappa shape index (κ2) is 7.94. The number of ether oxygens (including phenoxy) is 2. The van der Waals surface area contributed by atoms with Crippen molar-refractivity contribution in [3.63, 3.8) is 0 Å². The van der Waals surface area contributed by atoms with E-state index in [2.05, 4.69) is 23.3 Å². The highest BCUT2D eigenvalue weighted by atomic mass is 32.2. The van der Waals surface area contributed by atoms with Gasteiger partial charge in [-0.2, -0.15) is 0 Å². The highest BCUT2D eigenvalue weighted by Crippen LogP contribution is 2.27. The summed E-state index contributed by atoms with van der Waals surface area (Å²) in [5.74, 6) is 2.65. The number of pyridine rings is 1. The van der Waals surface area contributed by atoms with Gasteiger partial charge in [0.1, 0.15) is 11.5 Å². The first-order valence-electron chi connectivity index (χ1n) is 7.22. The van der Waals surface area contributed by atoms with E-state index in [1.54, 1.807) is 26.0 Å². The molecule has 0 unspecified atom stereocenters. The summed E-state index contributed by atoms with van der Waals surface area (Å²) in [5, 5.41) is 3.40. The van der Waals surface area contributed by atoms with E-state index in [0.717, 1.165) is 34.2 Å². The molecule has 2 rings (SSSR count). The molecular formula is C17H22N2O2S. The van der Waals surface area contributed by atoms with Crippen LogP contribution in [0.25, 0.3) is 0 Å². The Hall–Kier alpha value is -1.88. The minimum atomic E-state index is 0.675. The maximum atomic E-state index is 5.42. The first-order chi connectivity index (χ1) is 10.7. The molecule has 0 saturated carbocycles. The Bertz CT molecular complexity index is 632. The van der Waals surface area contributed by atoms with Gasteiger partial charge in [0.05, 0.1) is 31.8 Å². The van der Waals surface area contributed by atoms with E-state index < -0.39 is 0 Å². The second-order valence-electron chi connectivity index (χ2n) is 4.77. The number of thioether (sulfide) groups is 1. The average Bonchev–Trinajstić information content (AvgIpc) is 2.55. The Morgan fingerprint density at radius 1 is 1.18 bits per heavy atom. The molecule has 0 spiro atoms. The number of rotatable bonds is 7. The monoisotopic (exact) mass is 318 g/mol. The van der Waals surface area contributed by atoms with Gasteiger partial charge >= 0.3 is 0 Å². The van der Waals surface area contributed by atoms with Gasteiger partial charge in [-0.1, -0.05) is 6.92 Å². The maximum absolute atomic E-state index is 5.42. The number of methoxy groups -OCH3 is 2. The van der Waals surface area contributed by atoms with Gasteiger partial charge in [-0.3, -0.25) is 4.98 Å². The van der Waals surface area contributed by atoms with Crippen LogP contribution >= 0.6 is 11.8 Å². The molecule has 5 heteroatoms. The van der Waals surface area contributed by atoms with Crippen LogP contribution in [-0.4, -0.2) is 25.0 Å². The molecule has 0 amide bonds. The first-order valence-corrected chi connectivity index (χ1v) is 8.20. The van der Waals surface area contributed by atoms with Crippen LogP contribution in [0.5, 0.6) is 11.5 Å². The molecule has 0 bridgehead atoms. The number of nitrogens with zero attached hydrogens (tertiary/aromatic N) is 1. The van der Waals surface area contributed by atoms with Crippen LogP contribution in [0.15, 0.2) is 35.4 Å². The van der Waals surface area contributed by atoms with Crippen molar-refractivity contribution in [2.24, 2.45) is 0 Å². The van der Waals surface area contributed by atoms with E-state index in [1.807, 2.05) is 31.3 Å². The minimum Gasteiger partial charge on any atom is -0.497 e. The smallest absolute Gasteiger partial charge is 0.127 e. The Kier molecular flexibility index (Phi) is 5.95. The maximum Gasteiger partial charge on any atom is 0.127 e. The average molecular weight is 318 g/mol. The standard InChI is InChI=1S/C17H22N2O2S/c1-5-22-17-8-14(11-18-12(17)2)19-10-13-6-7-15(20-3)9-16(13)21-4/h6-9,11,19H,5,10H2,1-4H3. The lowest BCUT2D eigenvalue weighted by Gasteiger charge is -2.13. The summed E-state index contributed by atoms with van der Waals surface area (Å²) in [6.45, 7) is 4.86. The number of hydrogen-bond acceptors (Lipinski definition) is 5. The SMILES string of the molecule is CCSc1cc(NCc2ccc(OC)cc2OC)cnc1C. The fourth-order valence-electron chi connectivity index (χ4n) is 2.11. The molecule has 0 aliphatic carbocycles. The molecule has 0 aliphatic rings. The van der Waals surface area contributed by atoms with Crippen molar-refractivity contribution in [3.8, 4) is 11.5 Å². The van der Waals surface area contributed by atoms with Crippen LogP contribution in [0.4, 0.5) is 5.69 Å². The normalized spacial score (nSPS) is 10.4. The zero-order chi connectivity index (χ0) is 15.9. The van der Waals surface area contributed by atoms with E-state index in [0.29, 0.717) is 6.54 Å². The molecule has 0 radical (unpaired) electrons. The van der Waals surface area contributed by atoms with Gasteiger partial charge in [0.15, 0.2) is 0 Å². The van der Waals surface area contributed by atoms with Gasteiger partial charge in [0.2, 0.25) is 0 Å². The van der Waals surface area contributed by atoms with Gasteiger partial charge in [-0.15, -0.1) is 11.8 Å². The number of aryl methyl sites for hydroxylation is 1. The predicted molar refractivity (Wildman–Crippen MR) is 92.2 cm³/mol. The van der Waals surface area contributed by atoms with Gasteiger partial charge in [0.25, 0.3) is 0 Å². The molecule has 0 saturated heterocycles. The Labute approximate surface area is 136 Å². The molecule has 0 fully saturated rings. The Balaban J connectivity index is 2.11. The highest BCUT2D eigenvalue weighted by Gasteiger charge is 2.06. The lowest BCUT2D eigenvalue weighted by molar-refractivity contribution is 0.391. The number of benzene rings is 1. The van der Waals surface area contributed by atoms with Gasteiger partial charge in [-0.25, -0.2) is 0 Å². The van der Waals surface area contributed by atoms with E-state index in [4.69, 9.17) is 9.47 Å². The van der Waals surface area contributed by atoms with Crippen LogP contribution < -0.4 is 14.8 Å². The van der Waals surface area contributed by atoms with Crippen molar-refractivity contribution in [2.75, 3.05) is 25.3 Å². The van der Waals surface area contributed by atoms with Gasteiger partial charge in [-0.05, 0) is 30.9 Å². The molecule has 1 heterocycles. The van der Waals surface area contributed by atoms with E-state index in [9.17, 15) is 0 Å². The predicted octanol–water partition coefficient (Wildman–Crippen LogP) is 4.13. The third-order valence-corrected chi connectivity index (χ3v) is 4.33. The van der Waals surface area contributed by atoms with Crippen LogP contribution in [0.2, 0.25) is 0 Å². The molecule has 22 heavy (non-hydrogen) atoms. The fourth-order valence-corrected chi connectivity index (χ4v) is 2.89. The van der Waals surface area contributed by atoms with Crippen molar-refractivity contribution < 1.29 is 9.47 Å². The summed E-state index contributed by atoms with van der Waals surface area (Å²) in [7, 11) is 3.32. The first kappa shape index (κ1) is 16.5. The lowest BCUT2D eigenvalue weighted by atomic mass is 10.2. The number of anilines is 1. The van der Waals surface area contributed by atoms with Crippen LogP contribution in [-0.2, 0) is 6.54 Å². The zero-order valence-electron chi connectivity index (χ0n) is 13.5. The number of nitrogens with one attached hydrogen (secondary N) is 1. The molecule has 2 aromatic rings.